The van der Waals surface area contributed by atoms with Gasteiger partial charge in [-0.05, 0) is 31.0 Å². The molecule has 6 N–H and O–H groups in total. The SMILES string of the molecule is CC(=O)N1CCC(C(=O)Nc2cc(Cl)ccc2/C(=N/N)NN)CC1. The average molecular weight is 353 g/mol. The van der Waals surface area contributed by atoms with Crippen molar-refractivity contribution in [3.63, 3.8) is 0 Å². The first kappa shape index (κ1) is 18.0. The van der Waals surface area contributed by atoms with Crippen molar-refractivity contribution >= 4 is 34.9 Å². The van der Waals surface area contributed by atoms with Crippen LogP contribution in [-0.2, 0) is 9.59 Å². The summed E-state index contributed by atoms with van der Waals surface area (Å²) in [6.07, 6.45) is 1.24. The van der Waals surface area contributed by atoms with Crippen molar-refractivity contribution in [3.05, 3.63) is 28.8 Å². The molecule has 0 atom stereocenters. The summed E-state index contributed by atoms with van der Waals surface area (Å²) < 4.78 is 0. The van der Waals surface area contributed by atoms with Gasteiger partial charge >= 0.3 is 0 Å². The molecule has 1 aromatic carbocycles. The summed E-state index contributed by atoms with van der Waals surface area (Å²) in [4.78, 5) is 25.6. The van der Waals surface area contributed by atoms with Gasteiger partial charge in [0.05, 0.1) is 5.69 Å². The highest BCUT2D eigenvalue weighted by Crippen LogP contribution is 2.24. The van der Waals surface area contributed by atoms with E-state index in [1.54, 1.807) is 23.1 Å². The third kappa shape index (κ3) is 4.15. The molecule has 0 bridgehead atoms. The van der Waals surface area contributed by atoms with Crippen LogP contribution in [0.4, 0.5) is 5.69 Å². The topological polar surface area (TPSA) is 126 Å². The lowest BCUT2D eigenvalue weighted by molar-refractivity contribution is -0.132. The number of likely N-dealkylation sites (tertiary alicyclic amines) is 1. The van der Waals surface area contributed by atoms with Gasteiger partial charge in [-0.25, -0.2) is 5.84 Å². The van der Waals surface area contributed by atoms with E-state index in [1.807, 2.05) is 0 Å². The summed E-state index contributed by atoms with van der Waals surface area (Å²) in [6, 6.07) is 4.93. The Morgan fingerprint density at radius 3 is 2.54 bits per heavy atom. The van der Waals surface area contributed by atoms with Crippen molar-refractivity contribution in [1.82, 2.24) is 10.3 Å². The molecule has 1 fully saturated rings. The van der Waals surface area contributed by atoms with E-state index in [2.05, 4.69) is 15.8 Å². The number of piperidine rings is 1. The lowest BCUT2D eigenvalue weighted by Gasteiger charge is -2.30. The Kier molecular flexibility index (Phi) is 5.99. The number of halogens is 1. The number of nitrogens with two attached hydrogens (primary N) is 2. The number of carbonyl (C=O) groups excluding carboxylic acids is 2. The molecule has 1 aliphatic heterocycles. The quantitative estimate of drug-likeness (QED) is 0.274. The molecule has 0 aromatic heterocycles. The van der Waals surface area contributed by atoms with Gasteiger partial charge in [0, 0.05) is 36.5 Å². The second-order valence-electron chi connectivity index (χ2n) is 5.58. The Bertz CT molecular complexity index is 655. The Hall–Kier alpha value is -2.32. The lowest BCUT2D eigenvalue weighted by atomic mass is 9.95. The molecule has 9 heteroatoms. The van der Waals surface area contributed by atoms with E-state index >= 15 is 0 Å². The van der Waals surface area contributed by atoms with Crippen LogP contribution in [0.25, 0.3) is 0 Å². The summed E-state index contributed by atoms with van der Waals surface area (Å²) in [6.45, 7) is 2.69. The van der Waals surface area contributed by atoms with Crippen LogP contribution >= 0.6 is 11.6 Å². The minimum Gasteiger partial charge on any atom is -0.343 e. The molecule has 2 rings (SSSR count). The van der Waals surface area contributed by atoms with Crippen molar-refractivity contribution in [2.45, 2.75) is 19.8 Å². The molecule has 2 amide bonds. The van der Waals surface area contributed by atoms with Crippen molar-refractivity contribution in [1.29, 1.82) is 0 Å². The molecule has 0 radical (unpaired) electrons. The number of hydrogen-bond donors (Lipinski definition) is 4. The van der Waals surface area contributed by atoms with Crippen LogP contribution in [0.1, 0.15) is 25.3 Å². The van der Waals surface area contributed by atoms with Gasteiger partial charge < -0.3 is 21.5 Å². The molecular weight excluding hydrogens is 332 g/mol. The molecule has 0 aliphatic carbocycles. The predicted octanol–water partition coefficient (Wildman–Crippen LogP) is 0.621. The third-order valence-electron chi connectivity index (χ3n) is 4.07. The Balaban J connectivity index is 2.12. The number of amidine groups is 1. The zero-order chi connectivity index (χ0) is 17.7. The molecule has 1 aromatic rings. The van der Waals surface area contributed by atoms with Crippen LogP contribution in [0.3, 0.4) is 0 Å². The summed E-state index contributed by atoms with van der Waals surface area (Å²) in [5.41, 5.74) is 3.40. The zero-order valence-corrected chi connectivity index (χ0v) is 14.1. The van der Waals surface area contributed by atoms with E-state index in [9.17, 15) is 9.59 Å². The second kappa shape index (κ2) is 7.98. The van der Waals surface area contributed by atoms with Crippen molar-refractivity contribution in [2.75, 3.05) is 18.4 Å². The molecule has 0 spiro atoms. The monoisotopic (exact) mass is 352 g/mol. The van der Waals surface area contributed by atoms with E-state index in [0.717, 1.165) is 0 Å². The number of nitrogens with zero attached hydrogens (tertiary/aromatic N) is 2. The number of anilines is 1. The van der Waals surface area contributed by atoms with Gasteiger partial charge in [0.2, 0.25) is 11.8 Å². The van der Waals surface area contributed by atoms with Crippen molar-refractivity contribution < 1.29 is 9.59 Å². The van der Waals surface area contributed by atoms with Crippen LogP contribution in [0.2, 0.25) is 5.02 Å². The maximum Gasteiger partial charge on any atom is 0.227 e. The molecule has 1 saturated heterocycles. The molecular formula is C15H21ClN6O2. The normalized spacial score (nSPS) is 16.0. The summed E-state index contributed by atoms with van der Waals surface area (Å²) in [5.74, 6) is 10.7. The van der Waals surface area contributed by atoms with Crippen LogP contribution in [0, 0.1) is 5.92 Å². The Morgan fingerprint density at radius 1 is 1.33 bits per heavy atom. The summed E-state index contributed by atoms with van der Waals surface area (Å²) >= 11 is 6.01. The van der Waals surface area contributed by atoms with Gasteiger partial charge in [-0.1, -0.05) is 11.6 Å². The molecule has 1 heterocycles. The molecule has 24 heavy (non-hydrogen) atoms. The second-order valence-corrected chi connectivity index (χ2v) is 6.02. The zero-order valence-electron chi connectivity index (χ0n) is 13.4. The fourth-order valence-corrected chi connectivity index (χ4v) is 2.87. The number of hydrazone groups is 1. The number of amides is 2. The number of benzene rings is 1. The molecule has 0 unspecified atom stereocenters. The summed E-state index contributed by atoms with van der Waals surface area (Å²) in [7, 11) is 0. The molecule has 1 aliphatic rings. The van der Waals surface area contributed by atoms with Crippen molar-refractivity contribution in [3.8, 4) is 0 Å². The summed E-state index contributed by atoms with van der Waals surface area (Å²) in [5, 5.41) is 6.88. The number of rotatable bonds is 3. The highest BCUT2D eigenvalue weighted by Gasteiger charge is 2.26. The smallest absolute Gasteiger partial charge is 0.227 e. The van der Waals surface area contributed by atoms with Crippen molar-refractivity contribution in [2.24, 2.45) is 22.7 Å². The van der Waals surface area contributed by atoms with E-state index < -0.39 is 0 Å². The maximum absolute atomic E-state index is 12.5. The maximum atomic E-state index is 12.5. The van der Waals surface area contributed by atoms with E-state index in [-0.39, 0.29) is 23.6 Å². The van der Waals surface area contributed by atoms with Gasteiger partial charge in [-0.15, -0.1) is 0 Å². The molecule has 8 nitrogen and oxygen atoms in total. The van der Waals surface area contributed by atoms with Crippen LogP contribution in [0.15, 0.2) is 23.3 Å². The van der Waals surface area contributed by atoms with Gasteiger partial charge in [-0.2, -0.15) is 5.10 Å². The highest BCUT2D eigenvalue weighted by atomic mass is 35.5. The number of hydrogen-bond acceptors (Lipinski definition) is 5. The largest absolute Gasteiger partial charge is 0.343 e. The Morgan fingerprint density at radius 2 is 2.00 bits per heavy atom. The van der Waals surface area contributed by atoms with Gasteiger partial charge in [0.15, 0.2) is 5.84 Å². The van der Waals surface area contributed by atoms with E-state index in [1.165, 1.54) is 6.92 Å². The molecule has 130 valence electrons. The third-order valence-corrected chi connectivity index (χ3v) is 4.31. The van der Waals surface area contributed by atoms with Crippen LogP contribution in [0.5, 0.6) is 0 Å². The van der Waals surface area contributed by atoms with Crippen LogP contribution < -0.4 is 22.4 Å². The van der Waals surface area contributed by atoms with Gasteiger partial charge in [-0.3, -0.25) is 9.59 Å². The van der Waals surface area contributed by atoms with Gasteiger partial charge in [0.25, 0.3) is 0 Å². The first-order valence-corrected chi connectivity index (χ1v) is 7.94. The Labute approximate surface area is 145 Å². The number of hydrazine groups is 1. The van der Waals surface area contributed by atoms with E-state index in [0.29, 0.717) is 42.2 Å². The van der Waals surface area contributed by atoms with Crippen LogP contribution in [-0.4, -0.2) is 35.6 Å². The highest BCUT2D eigenvalue weighted by molar-refractivity contribution is 6.31. The molecule has 0 saturated carbocycles. The average Bonchev–Trinajstić information content (AvgIpc) is 2.57. The number of carbonyl (C=O) groups is 2. The first-order chi connectivity index (χ1) is 11.5. The predicted molar refractivity (Wildman–Crippen MR) is 93.1 cm³/mol. The standard InChI is InChI=1S/C15H21ClN6O2/c1-9(23)22-6-4-10(5-7-22)15(24)19-13-8-11(16)2-3-12(13)14(20-17)21-18/h2-3,8,10H,4-7,17-18H2,1H3,(H,19,24)(H,20,21). The number of nitrogens with one attached hydrogen (secondary N) is 2. The minimum absolute atomic E-state index is 0.0313. The minimum atomic E-state index is -0.170. The first-order valence-electron chi connectivity index (χ1n) is 7.57. The van der Waals surface area contributed by atoms with Gasteiger partial charge in [0.1, 0.15) is 0 Å². The van der Waals surface area contributed by atoms with E-state index in [4.69, 9.17) is 23.3 Å². The fraction of sp³-hybridized carbons (Fsp3) is 0.400. The fourth-order valence-electron chi connectivity index (χ4n) is 2.70. The lowest BCUT2D eigenvalue weighted by Crippen LogP contribution is -2.40.